The van der Waals surface area contributed by atoms with Gasteiger partial charge in [0.2, 0.25) is 0 Å². The van der Waals surface area contributed by atoms with E-state index in [4.69, 9.17) is 9.47 Å². The number of amides is 1. The van der Waals surface area contributed by atoms with E-state index in [0.29, 0.717) is 29.5 Å². The molecule has 0 aliphatic carbocycles. The molecule has 0 fully saturated rings. The zero-order chi connectivity index (χ0) is 15.0. The molecule has 1 rings (SSSR count). The van der Waals surface area contributed by atoms with Gasteiger partial charge in [-0.25, -0.2) is 0 Å². The number of alkyl halides is 1. The molecule has 0 aliphatic rings. The van der Waals surface area contributed by atoms with Crippen LogP contribution in [0.1, 0.15) is 30.1 Å². The first kappa shape index (κ1) is 16.8. The first-order valence-electron chi connectivity index (χ1n) is 6.72. The number of hydrogen-bond acceptors (Lipinski definition) is 3. The van der Waals surface area contributed by atoms with Gasteiger partial charge in [0, 0.05) is 11.9 Å². The number of rotatable bonds is 8. The van der Waals surface area contributed by atoms with E-state index in [1.54, 1.807) is 32.4 Å². The summed E-state index contributed by atoms with van der Waals surface area (Å²) >= 11 is 3.44. The van der Waals surface area contributed by atoms with E-state index in [1.807, 2.05) is 0 Å². The molecule has 0 saturated carbocycles. The van der Waals surface area contributed by atoms with E-state index < -0.39 is 0 Å². The summed E-state index contributed by atoms with van der Waals surface area (Å²) in [5.41, 5.74) is 0.501. The van der Waals surface area contributed by atoms with Gasteiger partial charge in [0.25, 0.3) is 5.91 Å². The number of benzene rings is 1. The number of halogens is 1. The summed E-state index contributed by atoms with van der Waals surface area (Å²) in [4.78, 5) is 12.3. The smallest absolute Gasteiger partial charge is 0.255 e. The van der Waals surface area contributed by atoms with Crippen molar-refractivity contribution in [2.24, 2.45) is 5.92 Å². The molecule has 0 bridgehead atoms. The van der Waals surface area contributed by atoms with E-state index >= 15 is 0 Å². The van der Waals surface area contributed by atoms with Gasteiger partial charge in [-0.2, -0.15) is 0 Å². The molecule has 1 unspecified atom stereocenters. The second-order valence-corrected chi connectivity index (χ2v) is 5.32. The Morgan fingerprint density at radius 3 is 2.65 bits per heavy atom. The van der Waals surface area contributed by atoms with Crippen molar-refractivity contribution in [2.75, 3.05) is 26.1 Å². The molecule has 1 aromatic rings. The molecule has 0 spiro atoms. The second kappa shape index (κ2) is 8.84. The van der Waals surface area contributed by atoms with Gasteiger partial charge in [0.05, 0.1) is 19.8 Å². The van der Waals surface area contributed by atoms with Crippen LogP contribution in [0.4, 0.5) is 0 Å². The Kier molecular flexibility index (Phi) is 7.44. The molecule has 0 aromatic heterocycles. The van der Waals surface area contributed by atoms with Crippen molar-refractivity contribution in [3.05, 3.63) is 23.8 Å². The Labute approximate surface area is 129 Å². The minimum Gasteiger partial charge on any atom is -0.497 e. The van der Waals surface area contributed by atoms with Crippen LogP contribution in [0.5, 0.6) is 11.5 Å². The number of hydrogen-bond donors (Lipinski definition) is 1. The lowest BCUT2D eigenvalue weighted by molar-refractivity contribution is 0.0943. The molecule has 5 heteroatoms. The SMILES string of the molecule is CCC(CCBr)CNC(=O)c1cc(OC)ccc1OC. The molecule has 4 nitrogen and oxygen atoms in total. The Morgan fingerprint density at radius 1 is 1.35 bits per heavy atom. The molecule has 112 valence electrons. The lowest BCUT2D eigenvalue weighted by Gasteiger charge is -2.15. The third kappa shape index (κ3) is 4.71. The van der Waals surface area contributed by atoms with Gasteiger partial charge < -0.3 is 14.8 Å². The van der Waals surface area contributed by atoms with E-state index in [-0.39, 0.29) is 5.91 Å². The van der Waals surface area contributed by atoms with Gasteiger partial charge in [0.15, 0.2) is 0 Å². The van der Waals surface area contributed by atoms with E-state index in [0.717, 1.165) is 18.2 Å². The summed E-state index contributed by atoms with van der Waals surface area (Å²) in [6.07, 6.45) is 2.09. The van der Waals surface area contributed by atoms with Crippen LogP contribution in [0.3, 0.4) is 0 Å². The van der Waals surface area contributed by atoms with Gasteiger partial charge >= 0.3 is 0 Å². The molecule has 0 aliphatic heterocycles. The number of ether oxygens (including phenoxy) is 2. The fourth-order valence-electron chi connectivity index (χ4n) is 1.93. The average Bonchev–Trinajstić information content (AvgIpc) is 2.50. The molecule has 20 heavy (non-hydrogen) atoms. The van der Waals surface area contributed by atoms with Crippen molar-refractivity contribution in [3.8, 4) is 11.5 Å². The van der Waals surface area contributed by atoms with Gasteiger partial charge in [-0.1, -0.05) is 29.3 Å². The van der Waals surface area contributed by atoms with E-state index in [2.05, 4.69) is 28.2 Å². The number of carbonyl (C=O) groups excluding carboxylic acids is 1. The fourth-order valence-corrected chi connectivity index (χ4v) is 2.58. The molecule has 1 N–H and O–H groups in total. The van der Waals surface area contributed by atoms with E-state index in [1.165, 1.54) is 0 Å². The lowest BCUT2D eigenvalue weighted by atomic mass is 10.0. The van der Waals surface area contributed by atoms with Crippen LogP contribution >= 0.6 is 15.9 Å². The van der Waals surface area contributed by atoms with Crippen molar-refractivity contribution in [2.45, 2.75) is 19.8 Å². The van der Waals surface area contributed by atoms with Crippen LogP contribution in [0.15, 0.2) is 18.2 Å². The van der Waals surface area contributed by atoms with Crippen LogP contribution < -0.4 is 14.8 Å². The van der Waals surface area contributed by atoms with Crippen molar-refractivity contribution in [1.82, 2.24) is 5.32 Å². The fraction of sp³-hybridized carbons (Fsp3) is 0.533. The van der Waals surface area contributed by atoms with Crippen molar-refractivity contribution >= 4 is 21.8 Å². The highest BCUT2D eigenvalue weighted by Gasteiger charge is 2.15. The Hall–Kier alpha value is -1.23. The van der Waals surface area contributed by atoms with Crippen LogP contribution in [-0.2, 0) is 0 Å². The quantitative estimate of drug-likeness (QED) is 0.737. The van der Waals surface area contributed by atoms with E-state index in [9.17, 15) is 4.79 Å². The number of methoxy groups -OCH3 is 2. The maximum absolute atomic E-state index is 12.3. The Morgan fingerprint density at radius 2 is 2.10 bits per heavy atom. The first-order chi connectivity index (χ1) is 9.65. The van der Waals surface area contributed by atoms with Gasteiger partial charge in [-0.05, 0) is 30.5 Å². The molecule has 1 atom stereocenters. The third-order valence-electron chi connectivity index (χ3n) is 3.30. The zero-order valence-electron chi connectivity index (χ0n) is 12.2. The van der Waals surface area contributed by atoms with Crippen LogP contribution in [-0.4, -0.2) is 32.0 Å². The van der Waals surface area contributed by atoms with Crippen LogP contribution in [0.25, 0.3) is 0 Å². The summed E-state index contributed by atoms with van der Waals surface area (Å²) in [5.74, 6) is 1.55. The molecule has 0 heterocycles. The molecule has 1 amide bonds. The lowest BCUT2D eigenvalue weighted by Crippen LogP contribution is -2.29. The second-order valence-electron chi connectivity index (χ2n) is 4.53. The molecular formula is C15H22BrNO3. The summed E-state index contributed by atoms with van der Waals surface area (Å²) in [6, 6.07) is 5.21. The predicted molar refractivity (Wildman–Crippen MR) is 84.1 cm³/mol. The summed E-state index contributed by atoms with van der Waals surface area (Å²) < 4.78 is 10.4. The first-order valence-corrected chi connectivity index (χ1v) is 7.84. The van der Waals surface area contributed by atoms with Crippen molar-refractivity contribution in [3.63, 3.8) is 0 Å². The summed E-state index contributed by atoms with van der Waals surface area (Å²) in [7, 11) is 3.13. The van der Waals surface area contributed by atoms with Crippen molar-refractivity contribution in [1.29, 1.82) is 0 Å². The topological polar surface area (TPSA) is 47.6 Å². The van der Waals surface area contributed by atoms with Crippen LogP contribution in [0, 0.1) is 5.92 Å². The highest BCUT2D eigenvalue weighted by Crippen LogP contribution is 2.23. The predicted octanol–water partition coefficient (Wildman–Crippen LogP) is 3.24. The highest BCUT2D eigenvalue weighted by atomic mass is 79.9. The highest BCUT2D eigenvalue weighted by molar-refractivity contribution is 9.09. The van der Waals surface area contributed by atoms with Crippen LogP contribution in [0.2, 0.25) is 0 Å². The zero-order valence-corrected chi connectivity index (χ0v) is 13.8. The Balaban J connectivity index is 2.75. The Bertz CT molecular complexity index is 437. The summed E-state index contributed by atoms with van der Waals surface area (Å²) in [5, 5.41) is 3.91. The summed E-state index contributed by atoms with van der Waals surface area (Å²) in [6.45, 7) is 2.80. The molecule has 0 saturated heterocycles. The maximum atomic E-state index is 12.3. The monoisotopic (exact) mass is 343 g/mol. The van der Waals surface area contributed by atoms with Crippen molar-refractivity contribution < 1.29 is 14.3 Å². The normalized spacial score (nSPS) is 11.8. The molecule has 1 aromatic carbocycles. The molecular weight excluding hydrogens is 322 g/mol. The largest absolute Gasteiger partial charge is 0.497 e. The number of carbonyl (C=O) groups is 1. The van der Waals surface area contributed by atoms with Gasteiger partial charge in [-0.3, -0.25) is 4.79 Å². The minimum absolute atomic E-state index is 0.131. The van der Waals surface area contributed by atoms with Gasteiger partial charge in [-0.15, -0.1) is 0 Å². The minimum atomic E-state index is -0.131. The molecule has 0 radical (unpaired) electrons. The number of nitrogens with one attached hydrogen (secondary N) is 1. The standard InChI is InChI=1S/C15H22BrNO3/c1-4-11(7-8-16)10-17-15(18)13-9-12(19-2)5-6-14(13)20-3/h5-6,9,11H,4,7-8,10H2,1-3H3,(H,17,18). The maximum Gasteiger partial charge on any atom is 0.255 e. The average molecular weight is 344 g/mol. The third-order valence-corrected chi connectivity index (χ3v) is 3.76. The van der Waals surface area contributed by atoms with Gasteiger partial charge in [0.1, 0.15) is 11.5 Å².